The van der Waals surface area contributed by atoms with Gasteiger partial charge in [0.25, 0.3) is 0 Å². The van der Waals surface area contributed by atoms with Gasteiger partial charge < -0.3 is 11.5 Å². The second-order valence-electron chi connectivity index (χ2n) is 4.98. The number of benzene rings is 1. The van der Waals surface area contributed by atoms with Crippen molar-refractivity contribution < 1.29 is 0 Å². The minimum absolute atomic E-state index is 0.202. The standard InChI is InChI=1S/C14H10Cl2N4S/c15-8-3-5-1-2-6-10-12(17)19-14(18)20-13(10)21-11(6)7(5)4-9(8)16/h3-4H,1-2H2,(H4,17,18,19,20). The lowest BCUT2D eigenvalue weighted by atomic mass is 9.90. The SMILES string of the molecule is Nc1nc(N)c2c3c(sc2n1)-c1cc(Cl)c(Cl)cc1CC3. The number of hydrogen-bond donors (Lipinski definition) is 2. The molecule has 106 valence electrons. The van der Waals surface area contributed by atoms with Gasteiger partial charge in [-0.3, -0.25) is 0 Å². The first-order valence-corrected chi connectivity index (χ1v) is 7.94. The van der Waals surface area contributed by atoms with Crippen molar-refractivity contribution in [3.8, 4) is 10.4 Å². The first-order chi connectivity index (χ1) is 10.0. The zero-order valence-electron chi connectivity index (χ0n) is 10.8. The summed E-state index contributed by atoms with van der Waals surface area (Å²) < 4.78 is 0. The molecule has 1 aliphatic rings. The lowest BCUT2D eigenvalue weighted by molar-refractivity contribution is 0.957. The number of thiophene rings is 1. The minimum atomic E-state index is 0.202. The molecule has 7 heteroatoms. The second-order valence-corrected chi connectivity index (χ2v) is 6.79. The van der Waals surface area contributed by atoms with E-state index in [1.807, 2.05) is 12.1 Å². The highest BCUT2D eigenvalue weighted by Crippen LogP contribution is 2.46. The number of aryl methyl sites for hydroxylation is 2. The number of rotatable bonds is 0. The Hall–Kier alpha value is -1.56. The van der Waals surface area contributed by atoms with Crippen LogP contribution in [0.15, 0.2) is 12.1 Å². The largest absolute Gasteiger partial charge is 0.383 e. The maximum absolute atomic E-state index is 6.17. The molecule has 2 aromatic heterocycles. The van der Waals surface area contributed by atoms with Crippen LogP contribution in [0, 0.1) is 0 Å². The molecule has 0 saturated carbocycles. The molecule has 0 amide bonds. The Morgan fingerprint density at radius 2 is 1.81 bits per heavy atom. The van der Waals surface area contributed by atoms with E-state index in [4.69, 9.17) is 34.7 Å². The van der Waals surface area contributed by atoms with Crippen LogP contribution in [-0.2, 0) is 12.8 Å². The van der Waals surface area contributed by atoms with Crippen LogP contribution in [0.3, 0.4) is 0 Å². The molecule has 0 saturated heterocycles. The highest BCUT2D eigenvalue weighted by Gasteiger charge is 2.24. The van der Waals surface area contributed by atoms with Gasteiger partial charge in [0.2, 0.25) is 5.95 Å². The molecule has 4 nitrogen and oxygen atoms in total. The predicted molar refractivity (Wildman–Crippen MR) is 89.1 cm³/mol. The number of nitrogen functional groups attached to an aromatic ring is 2. The molecule has 0 fully saturated rings. The van der Waals surface area contributed by atoms with E-state index in [9.17, 15) is 0 Å². The van der Waals surface area contributed by atoms with E-state index in [1.54, 1.807) is 11.3 Å². The highest BCUT2D eigenvalue weighted by atomic mass is 35.5. The first-order valence-electron chi connectivity index (χ1n) is 6.37. The predicted octanol–water partition coefficient (Wildman–Crippen LogP) is 3.93. The van der Waals surface area contributed by atoms with Crippen LogP contribution in [0.5, 0.6) is 0 Å². The van der Waals surface area contributed by atoms with E-state index in [-0.39, 0.29) is 5.95 Å². The molecule has 0 aliphatic heterocycles. The van der Waals surface area contributed by atoms with Crippen molar-refractivity contribution in [3.05, 3.63) is 33.3 Å². The number of halogens is 2. The average Bonchev–Trinajstić information content (AvgIpc) is 2.79. The fourth-order valence-electron chi connectivity index (χ4n) is 2.83. The summed E-state index contributed by atoms with van der Waals surface area (Å²) in [6.45, 7) is 0. The van der Waals surface area contributed by atoms with Crippen LogP contribution in [0.1, 0.15) is 11.1 Å². The second kappa shape index (κ2) is 4.47. The first kappa shape index (κ1) is 13.1. The minimum Gasteiger partial charge on any atom is -0.383 e. The average molecular weight is 337 g/mol. The molecule has 2 heterocycles. The van der Waals surface area contributed by atoms with Crippen molar-refractivity contribution in [2.24, 2.45) is 0 Å². The van der Waals surface area contributed by atoms with Crippen molar-refractivity contribution in [2.75, 3.05) is 11.5 Å². The maximum Gasteiger partial charge on any atom is 0.223 e. The fourth-order valence-corrected chi connectivity index (χ4v) is 4.46. The summed E-state index contributed by atoms with van der Waals surface area (Å²) in [7, 11) is 0. The fraction of sp³-hybridized carbons (Fsp3) is 0.143. The molecule has 0 spiro atoms. The molecule has 0 atom stereocenters. The summed E-state index contributed by atoms with van der Waals surface area (Å²) in [6.07, 6.45) is 1.78. The molecule has 1 aromatic carbocycles. The molecular formula is C14H10Cl2N4S. The van der Waals surface area contributed by atoms with Gasteiger partial charge in [-0.15, -0.1) is 11.3 Å². The van der Waals surface area contributed by atoms with E-state index in [1.165, 1.54) is 11.1 Å². The Morgan fingerprint density at radius 1 is 1.05 bits per heavy atom. The summed E-state index contributed by atoms with van der Waals surface area (Å²) in [4.78, 5) is 10.3. The number of nitrogens with zero attached hydrogens (tertiary/aromatic N) is 2. The number of anilines is 2. The highest BCUT2D eigenvalue weighted by molar-refractivity contribution is 7.22. The van der Waals surface area contributed by atoms with Gasteiger partial charge in [-0.2, -0.15) is 4.98 Å². The molecule has 0 bridgehead atoms. The van der Waals surface area contributed by atoms with Gasteiger partial charge in [0.1, 0.15) is 10.6 Å². The maximum atomic E-state index is 6.17. The van der Waals surface area contributed by atoms with Gasteiger partial charge in [0, 0.05) is 4.88 Å². The van der Waals surface area contributed by atoms with Crippen LogP contribution in [-0.4, -0.2) is 9.97 Å². The number of hydrogen-bond acceptors (Lipinski definition) is 5. The zero-order chi connectivity index (χ0) is 14.7. The van der Waals surface area contributed by atoms with Crippen molar-refractivity contribution >= 4 is 56.5 Å². The zero-order valence-corrected chi connectivity index (χ0v) is 13.1. The molecular weight excluding hydrogens is 327 g/mol. The Bertz CT molecular complexity index is 904. The Balaban J connectivity index is 2.07. The van der Waals surface area contributed by atoms with Crippen LogP contribution in [0.4, 0.5) is 11.8 Å². The molecule has 0 unspecified atom stereocenters. The molecule has 4 rings (SSSR count). The van der Waals surface area contributed by atoms with E-state index in [0.29, 0.717) is 15.9 Å². The topological polar surface area (TPSA) is 77.8 Å². The molecule has 1 aliphatic carbocycles. The number of nitrogens with two attached hydrogens (primary N) is 2. The molecule has 4 N–H and O–H groups in total. The van der Waals surface area contributed by atoms with E-state index in [0.717, 1.165) is 33.5 Å². The van der Waals surface area contributed by atoms with Crippen LogP contribution in [0.25, 0.3) is 20.7 Å². The lowest BCUT2D eigenvalue weighted by Gasteiger charge is -2.17. The number of aromatic nitrogens is 2. The van der Waals surface area contributed by atoms with Crippen molar-refractivity contribution in [2.45, 2.75) is 12.8 Å². The Morgan fingerprint density at radius 3 is 2.62 bits per heavy atom. The lowest BCUT2D eigenvalue weighted by Crippen LogP contribution is -2.04. The van der Waals surface area contributed by atoms with Crippen molar-refractivity contribution in [1.82, 2.24) is 9.97 Å². The number of fused-ring (bicyclic) bond motifs is 5. The van der Waals surface area contributed by atoms with E-state index in [2.05, 4.69) is 9.97 Å². The van der Waals surface area contributed by atoms with Gasteiger partial charge in [-0.25, -0.2) is 4.98 Å². The Kier molecular flexibility index (Phi) is 2.79. The normalized spacial score (nSPS) is 13.2. The van der Waals surface area contributed by atoms with Gasteiger partial charge in [-0.1, -0.05) is 23.2 Å². The monoisotopic (exact) mass is 336 g/mol. The summed E-state index contributed by atoms with van der Waals surface area (Å²) in [6, 6.07) is 3.86. The van der Waals surface area contributed by atoms with E-state index >= 15 is 0 Å². The summed E-state index contributed by atoms with van der Waals surface area (Å²) in [5.74, 6) is 0.645. The summed E-state index contributed by atoms with van der Waals surface area (Å²) in [5, 5.41) is 2.06. The van der Waals surface area contributed by atoms with Crippen molar-refractivity contribution in [3.63, 3.8) is 0 Å². The summed E-state index contributed by atoms with van der Waals surface area (Å²) in [5.41, 5.74) is 15.2. The third kappa shape index (κ3) is 1.88. The Labute approximate surface area is 134 Å². The summed E-state index contributed by atoms with van der Waals surface area (Å²) >= 11 is 13.8. The molecule has 3 aromatic rings. The van der Waals surface area contributed by atoms with Gasteiger partial charge in [0.15, 0.2) is 0 Å². The van der Waals surface area contributed by atoms with Crippen LogP contribution in [0.2, 0.25) is 10.0 Å². The van der Waals surface area contributed by atoms with Gasteiger partial charge >= 0.3 is 0 Å². The van der Waals surface area contributed by atoms with Gasteiger partial charge in [0.05, 0.1) is 15.4 Å². The smallest absolute Gasteiger partial charge is 0.223 e. The van der Waals surface area contributed by atoms with Crippen LogP contribution >= 0.6 is 34.5 Å². The van der Waals surface area contributed by atoms with Gasteiger partial charge in [-0.05, 0) is 41.7 Å². The molecule has 21 heavy (non-hydrogen) atoms. The molecule has 0 radical (unpaired) electrons. The van der Waals surface area contributed by atoms with Crippen LogP contribution < -0.4 is 11.5 Å². The third-order valence-electron chi connectivity index (χ3n) is 3.73. The van der Waals surface area contributed by atoms with Crippen molar-refractivity contribution in [1.29, 1.82) is 0 Å². The third-order valence-corrected chi connectivity index (χ3v) is 5.61. The quantitative estimate of drug-likeness (QED) is 0.652. The van der Waals surface area contributed by atoms with E-state index < -0.39 is 0 Å².